The van der Waals surface area contributed by atoms with Gasteiger partial charge in [0.2, 0.25) is 5.76 Å². The number of urea groups is 1. The Morgan fingerprint density at radius 2 is 1.87 bits per heavy atom. The molecule has 0 N–H and O–H groups in total. The van der Waals surface area contributed by atoms with E-state index in [4.69, 9.17) is 4.42 Å². The third-order valence-corrected chi connectivity index (χ3v) is 6.07. The van der Waals surface area contributed by atoms with Gasteiger partial charge < -0.3 is 14.2 Å². The molecule has 2 aliphatic rings. The Hall–Kier alpha value is -3.16. The van der Waals surface area contributed by atoms with Crippen LogP contribution in [0.15, 0.2) is 41.1 Å². The molecule has 0 saturated carbocycles. The van der Waals surface area contributed by atoms with Crippen LogP contribution >= 0.6 is 0 Å². The number of likely N-dealkylation sites (tertiary alicyclic amines) is 1. The summed E-state index contributed by atoms with van der Waals surface area (Å²) in [5.74, 6) is -0.140. The van der Waals surface area contributed by atoms with E-state index in [9.17, 15) is 14.4 Å². The van der Waals surface area contributed by atoms with Gasteiger partial charge in [0.1, 0.15) is 5.54 Å². The fourth-order valence-corrected chi connectivity index (χ4v) is 4.40. The molecule has 0 atom stereocenters. The summed E-state index contributed by atoms with van der Waals surface area (Å²) in [7, 11) is 0. The number of aromatic nitrogens is 1. The summed E-state index contributed by atoms with van der Waals surface area (Å²) in [4.78, 5) is 48.1. The molecule has 0 bridgehead atoms. The SMILES string of the molecule is CCCN1C(=O)N(Cc2ccccc2)C2(CCN(C(=O)c3ocnc3C)CC2)C1=O. The molecule has 2 saturated heterocycles. The topological polar surface area (TPSA) is 87.0 Å². The molecule has 3 heterocycles. The second-order valence-corrected chi connectivity index (χ2v) is 7.90. The maximum Gasteiger partial charge on any atom is 0.327 e. The number of benzene rings is 1. The smallest absolute Gasteiger partial charge is 0.327 e. The van der Waals surface area contributed by atoms with Crippen molar-refractivity contribution in [1.29, 1.82) is 0 Å². The zero-order valence-electron chi connectivity index (χ0n) is 17.3. The van der Waals surface area contributed by atoms with Crippen LogP contribution in [0.25, 0.3) is 0 Å². The number of hydrogen-bond donors (Lipinski definition) is 0. The Bertz CT molecular complexity index is 947. The lowest BCUT2D eigenvalue weighted by molar-refractivity contribution is -0.135. The molecular weight excluding hydrogens is 384 g/mol. The normalized spacial score (nSPS) is 18.5. The maximum atomic E-state index is 13.4. The molecule has 4 rings (SSSR count). The summed E-state index contributed by atoms with van der Waals surface area (Å²) in [6.45, 7) is 5.22. The number of imide groups is 1. The molecule has 1 aromatic carbocycles. The standard InChI is InChI=1S/C22H26N4O4/c1-3-11-25-20(28)22(26(21(25)29)14-17-7-5-4-6-8-17)9-12-24(13-10-22)19(27)18-16(2)23-15-30-18/h4-8,15H,3,9-14H2,1-2H3. The van der Waals surface area contributed by atoms with E-state index in [1.165, 1.54) is 11.3 Å². The van der Waals surface area contributed by atoms with Gasteiger partial charge in [0, 0.05) is 26.2 Å². The molecule has 0 unspecified atom stereocenters. The number of carbonyl (C=O) groups is 3. The summed E-state index contributed by atoms with van der Waals surface area (Å²) >= 11 is 0. The fraction of sp³-hybridized carbons (Fsp3) is 0.455. The molecule has 4 amide bonds. The van der Waals surface area contributed by atoms with Gasteiger partial charge in [-0.2, -0.15) is 0 Å². The average molecular weight is 410 g/mol. The van der Waals surface area contributed by atoms with Crippen LogP contribution in [0, 0.1) is 6.92 Å². The molecule has 2 fully saturated rings. The summed E-state index contributed by atoms with van der Waals surface area (Å²) in [6.07, 6.45) is 2.78. The van der Waals surface area contributed by atoms with Crippen molar-refractivity contribution in [1.82, 2.24) is 19.7 Å². The molecule has 2 aromatic rings. The van der Waals surface area contributed by atoms with E-state index in [-0.39, 0.29) is 23.6 Å². The minimum absolute atomic E-state index is 0.145. The third kappa shape index (κ3) is 3.26. The molecular formula is C22H26N4O4. The van der Waals surface area contributed by atoms with Crippen molar-refractivity contribution < 1.29 is 18.8 Å². The lowest BCUT2D eigenvalue weighted by Crippen LogP contribution is -2.57. The van der Waals surface area contributed by atoms with Crippen LogP contribution in [0.5, 0.6) is 0 Å². The Labute approximate surface area is 175 Å². The highest BCUT2D eigenvalue weighted by molar-refractivity contribution is 6.07. The van der Waals surface area contributed by atoms with Crippen LogP contribution in [-0.2, 0) is 11.3 Å². The number of nitrogens with zero attached hydrogens (tertiary/aromatic N) is 4. The van der Waals surface area contributed by atoms with Crippen molar-refractivity contribution in [2.75, 3.05) is 19.6 Å². The highest BCUT2D eigenvalue weighted by atomic mass is 16.3. The van der Waals surface area contributed by atoms with Gasteiger partial charge in [0.25, 0.3) is 11.8 Å². The summed E-state index contributed by atoms with van der Waals surface area (Å²) in [5.41, 5.74) is 0.620. The zero-order valence-corrected chi connectivity index (χ0v) is 17.3. The Morgan fingerprint density at radius 3 is 2.47 bits per heavy atom. The van der Waals surface area contributed by atoms with Crippen molar-refractivity contribution in [3.05, 3.63) is 53.7 Å². The third-order valence-electron chi connectivity index (χ3n) is 6.07. The Balaban J connectivity index is 1.58. The Kier molecular flexibility index (Phi) is 5.32. The number of piperidine rings is 1. The van der Waals surface area contributed by atoms with Crippen molar-refractivity contribution in [2.24, 2.45) is 0 Å². The van der Waals surface area contributed by atoms with E-state index in [0.29, 0.717) is 51.1 Å². The molecule has 2 aliphatic heterocycles. The number of oxazole rings is 1. The summed E-state index contributed by atoms with van der Waals surface area (Å²) in [6, 6.07) is 9.45. The lowest BCUT2D eigenvalue weighted by atomic mass is 9.85. The van der Waals surface area contributed by atoms with Crippen LogP contribution < -0.4 is 0 Å². The van der Waals surface area contributed by atoms with Crippen molar-refractivity contribution in [3.63, 3.8) is 0 Å². The quantitative estimate of drug-likeness (QED) is 0.708. The predicted octanol–water partition coefficient (Wildman–Crippen LogP) is 2.83. The van der Waals surface area contributed by atoms with Gasteiger partial charge in [0.15, 0.2) is 6.39 Å². The van der Waals surface area contributed by atoms with Gasteiger partial charge in [-0.1, -0.05) is 37.3 Å². The first-order chi connectivity index (χ1) is 14.5. The molecule has 158 valence electrons. The van der Waals surface area contributed by atoms with E-state index in [2.05, 4.69) is 4.98 Å². The number of rotatable bonds is 5. The van der Waals surface area contributed by atoms with E-state index in [1.807, 2.05) is 37.3 Å². The summed E-state index contributed by atoms with van der Waals surface area (Å²) in [5, 5.41) is 0. The van der Waals surface area contributed by atoms with Gasteiger partial charge in [-0.25, -0.2) is 9.78 Å². The van der Waals surface area contributed by atoms with Crippen LogP contribution in [0.4, 0.5) is 4.79 Å². The maximum absolute atomic E-state index is 13.4. The second-order valence-electron chi connectivity index (χ2n) is 7.90. The van der Waals surface area contributed by atoms with E-state index in [1.54, 1.807) is 16.7 Å². The predicted molar refractivity (Wildman–Crippen MR) is 108 cm³/mol. The highest BCUT2D eigenvalue weighted by Gasteiger charge is 2.58. The van der Waals surface area contributed by atoms with Crippen LogP contribution in [0.3, 0.4) is 0 Å². The van der Waals surface area contributed by atoms with Crippen molar-refractivity contribution >= 4 is 17.8 Å². The fourth-order valence-electron chi connectivity index (χ4n) is 4.40. The van der Waals surface area contributed by atoms with Crippen molar-refractivity contribution in [2.45, 2.75) is 45.2 Å². The van der Waals surface area contributed by atoms with Gasteiger partial charge >= 0.3 is 6.03 Å². The van der Waals surface area contributed by atoms with Gasteiger partial charge in [0.05, 0.1) is 5.69 Å². The van der Waals surface area contributed by atoms with Crippen LogP contribution in [-0.4, -0.2) is 62.7 Å². The molecule has 1 spiro atoms. The average Bonchev–Trinajstić information content (AvgIpc) is 3.27. The minimum Gasteiger partial charge on any atom is -0.438 e. The molecule has 8 heteroatoms. The monoisotopic (exact) mass is 410 g/mol. The number of aryl methyl sites for hydroxylation is 1. The van der Waals surface area contributed by atoms with E-state index >= 15 is 0 Å². The van der Waals surface area contributed by atoms with E-state index < -0.39 is 5.54 Å². The molecule has 8 nitrogen and oxygen atoms in total. The molecule has 0 radical (unpaired) electrons. The first kappa shape index (κ1) is 20.1. The number of carbonyl (C=O) groups excluding carboxylic acids is 3. The highest BCUT2D eigenvalue weighted by Crippen LogP contribution is 2.39. The largest absolute Gasteiger partial charge is 0.438 e. The lowest BCUT2D eigenvalue weighted by Gasteiger charge is -2.42. The summed E-state index contributed by atoms with van der Waals surface area (Å²) < 4.78 is 5.24. The first-order valence-corrected chi connectivity index (χ1v) is 10.3. The van der Waals surface area contributed by atoms with Gasteiger partial charge in [-0.15, -0.1) is 0 Å². The van der Waals surface area contributed by atoms with Crippen molar-refractivity contribution in [3.8, 4) is 0 Å². The molecule has 0 aliphatic carbocycles. The molecule has 30 heavy (non-hydrogen) atoms. The van der Waals surface area contributed by atoms with E-state index in [0.717, 1.165) is 5.56 Å². The van der Waals surface area contributed by atoms with Crippen LogP contribution in [0.1, 0.15) is 48.0 Å². The number of amides is 4. The van der Waals surface area contributed by atoms with Gasteiger partial charge in [-0.3, -0.25) is 14.5 Å². The Morgan fingerprint density at radius 1 is 1.17 bits per heavy atom. The second kappa shape index (κ2) is 7.93. The number of hydrogen-bond acceptors (Lipinski definition) is 5. The molecule has 1 aromatic heterocycles. The van der Waals surface area contributed by atoms with Gasteiger partial charge in [-0.05, 0) is 31.7 Å². The minimum atomic E-state index is -0.907. The first-order valence-electron chi connectivity index (χ1n) is 10.3. The zero-order chi connectivity index (χ0) is 21.3. The van der Waals surface area contributed by atoms with Crippen LogP contribution in [0.2, 0.25) is 0 Å².